The lowest BCUT2D eigenvalue weighted by Gasteiger charge is -2.31. The molecule has 0 atom stereocenters. The average molecular weight is 472 g/mol. The van der Waals surface area contributed by atoms with Crippen molar-refractivity contribution in [1.29, 1.82) is 0 Å². The molecule has 1 aliphatic heterocycles. The van der Waals surface area contributed by atoms with Gasteiger partial charge in [-0.05, 0) is 62.6 Å². The fourth-order valence-electron chi connectivity index (χ4n) is 3.85. The molecule has 1 aliphatic rings. The van der Waals surface area contributed by atoms with Gasteiger partial charge in [0.1, 0.15) is 0 Å². The number of piperidine rings is 1. The van der Waals surface area contributed by atoms with Crippen molar-refractivity contribution in [2.75, 3.05) is 37.6 Å². The maximum atomic E-state index is 12.6. The molecule has 0 bridgehead atoms. The van der Waals surface area contributed by atoms with E-state index in [0.29, 0.717) is 25.2 Å². The van der Waals surface area contributed by atoms with E-state index in [4.69, 9.17) is 0 Å². The molecule has 1 heterocycles. The predicted octanol–water partition coefficient (Wildman–Crippen LogP) is 4.33. The highest BCUT2D eigenvalue weighted by Crippen LogP contribution is 2.20. The van der Waals surface area contributed by atoms with Gasteiger partial charge in [0.25, 0.3) is 5.91 Å². The zero-order valence-corrected chi connectivity index (χ0v) is 19.1. The third-order valence-electron chi connectivity index (χ3n) is 5.65. The Labute approximate surface area is 187 Å². The zero-order valence-electron chi connectivity index (χ0n) is 17.5. The average Bonchev–Trinajstić information content (AvgIpc) is 2.79. The largest absolute Gasteiger partial charge is 0.372 e. The van der Waals surface area contributed by atoms with Crippen LogP contribution in [0.15, 0.2) is 59.1 Å². The fourth-order valence-corrected chi connectivity index (χ4v) is 4.12. The number of carbonyl (C=O) groups is 2. The molecule has 0 unspecified atom stereocenters. The fraction of sp³-hybridized carbons (Fsp3) is 0.417. The summed E-state index contributed by atoms with van der Waals surface area (Å²) in [5, 5.41) is 3.09. The van der Waals surface area contributed by atoms with Crippen LogP contribution in [0, 0.1) is 5.92 Å². The third kappa shape index (κ3) is 6.08. The third-order valence-corrected chi connectivity index (χ3v) is 6.18. The number of nitrogens with zero attached hydrogens (tertiary/aromatic N) is 2. The Bertz CT molecular complexity index is 818. The van der Waals surface area contributed by atoms with Crippen LogP contribution in [0.1, 0.15) is 36.5 Å². The van der Waals surface area contributed by atoms with Crippen LogP contribution in [0.2, 0.25) is 0 Å². The highest BCUT2D eigenvalue weighted by atomic mass is 79.9. The first kappa shape index (κ1) is 22.3. The SMILES string of the molecule is CCN(CCCNC(=O)C1CCN(C(=O)c2ccc(Br)cc2)CC1)c1ccccc1. The number of halogens is 1. The van der Waals surface area contributed by atoms with Crippen molar-refractivity contribution < 1.29 is 9.59 Å². The molecule has 0 saturated carbocycles. The minimum Gasteiger partial charge on any atom is -0.372 e. The van der Waals surface area contributed by atoms with E-state index in [1.54, 1.807) is 0 Å². The number of amides is 2. The van der Waals surface area contributed by atoms with Gasteiger partial charge in [0.2, 0.25) is 5.91 Å². The van der Waals surface area contributed by atoms with E-state index in [-0.39, 0.29) is 17.7 Å². The number of hydrogen-bond acceptors (Lipinski definition) is 3. The summed E-state index contributed by atoms with van der Waals surface area (Å²) in [5.74, 6) is 0.158. The Morgan fingerprint density at radius 1 is 1.07 bits per heavy atom. The van der Waals surface area contributed by atoms with Crippen molar-refractivity contribution >= 4 is 33.4 Å². The van der Waals surface area contributed by atoms with Crippen LogP contribution in [-0.4, -0.2) is 49.4 Å². The Hall–Kier alpha value is -2.34. The van der Waals surface area contributed by atoms with E-state index in [9.17, 15) is 9.59 Å². The number of likely N-dealkylation sites (tertiary alicyclic amines) is 1. The first-order valence-corrected chi connectivity index (χ1v) is 11.5. The number of para-hydroxylation sites is 1. The molecular formula is C24H30BrN3O2. The Balaban J connectivity index is 1.38. The number of anilines is 1. The summed E-state index contributed by atoms with van der Waals surface area (Å²) in [6, 6.07) is 17.8. The Morgan fingerprint density at radius 3 is 2.37 bits per heavy atom. The van der Waals surface area contributed by atoms with Gasteiger partial charge < -0.3 is 15.1 Å². The van der Waals surface area contributed by atoms with Gasteiger partial charge in [-0.15, -0.1) is 0 Å². The van der Waals surface area contributed by atoms with Gasteiger partial charge >= 0.3 is 0 Å². The zero-order chi connectivity index (χ0) is 21.3. The van der Waals surface area contributed by atoms with Crippen LogP contribution in [0.5, 0.6) is 0 Å². The molecule has 160 valence electrons. The minimum atomic E-state index is -0.00429. The van der Waals surface area contributed by atoms with Crippen LogP contribution in [0.3, 0.4) is 0 Å². The van der Waals surface area contributed by atoms with E-state index >= 15 is 0 Å². The number of carbonyl (C=O) groups excluding carboxylic acids is 2. The van der Waals surface area contributed by atoms with Gasteiger partial charge in [0, 0.05) is 54.4 Å². The monoisotopic (exact) mass is 471 g/mol. The molecule has 0 aromatic heterocycles. The number of rotatable bonds is 8. The van der Waals surface area contributed by atoms with Crippen molar-refractivity contribution in [2.24, 2.45) is 5.92 Å². The van der Waals surface area contributed by atoms with Crippen molar-refractivity contribution in [1.82, 2.24) is 10.2 Å². The first-order valence-electron chi connectivity index (χ1n) is 10.7. The van der Waals surface area contributed by atoms with Gasteiger partial charge in [-0.25, -0.2) is 0 Å². The van der Waals surface area contributed by atoms with Gasteiger partial charge in [-0.2, -0.15) is 0 Å². The Morgan fingerprint density at radius 2 is 1.73 bits per heavy atom. The van der Waals surface area contributed by atoms with Gasteiger partial charge in [0.15, 0.2) is 0 Å². The summed E-state index contributed by atoms with van der Waals surface area (Å²) in [6.45, 7) is 5.95. The maximum Gasteiger partial charge on any atom is 0.253 e. The van der Waals surface area contributed by atoms with Crippen LogP contribution in [0.4, 0.5) is 5.69 Å². The van der Waals surface area contributed by atoms with Crippen LogP contribution >= 0.6 is 15.9 Å². The van der Waals surface area contributed by atoms with Gasteiger partial charge in [0.05, 0.1) is 0 Å². The molecular weight excluding hydrogens is 442 g/mol. The number of nitrogens with one attached hydrogen (secondary N) is 1. The maximum absolute atomic E-state index is 12.6. The molecule has 1 saturated heterocycles. The molecule has 2 aromatic carbocycles. The van der Waals surface area contributed by atoms with E-state index in [2.05, 4.69) is 45.2 Å². The van der Waals surface area contributed by atoms with Gasteiger partial charge in [-0.3, -0.25) is 9.59 Å². The van der Waals surface area contributed by atoms with E-state index in [0.717, 1.165) is 36.8 Å². The summed E-state index contributed by atoms with van der Waals surface area (Å²) < 4.78 is 0.959. The summed E-state index contributed by atoms with van der Waals surface area (Å²) in [7, 11) is 0. The molecule has 3 rings (SSSR count). The molecule has 0 spiro atoms. The van der Waals surface area contributed by atoms with Crippen LogP contribution in [0.25, 0.3) is 0 Å². The van der Waals surface area contributed by atoms with Crippen LogP contribution < -0.4 is 10.2 Å². The second kappa shape index (κ2) is 11.2. The van der Waals surface area contributed by atoms with E-state index < -0.39 is 0 Å². The topological polar surface area (TPSA) is 52.7 Å². The molecule has 1 fully saturated rings. The molecule has 2 aromatic rings. The lowest BCUT2D eigenvalue weighted by Crippen LogP contribution is -2.43. The number of benzene rings is 2. The quantitative estimate of drug-likeness (QED) is 0.582. The van der Waals surface area contributed by atoms with Crippen molar-refractivity contribution in [2.45, 2.75) is 26.2 Å². The summed E-state index contributed by atoms with van der Waals surface area (Å²) in [4.78, 5) is 29.3. The molecule has 0 radical (unpaired) electrons. The lowest BCUT2D eigenvalue weighted by atomic mass is 9.95. The summed E-state index contributed by atoms with van der Waals surface area (Å²) in [5.41, 5.74) is 1.91. The van der Waals surface area contributed by atoms with Crippen LogP contribution in [-0.2, 0) is 4.79 Å². The standard InChI is InChI=1S/C24H30BrN3O2/c1-2-27(22-7-4-3-5-8-22)16-6-15-26-23(29)19-13-17-28(18-14-19)24(30)20-9-11-21(25)12-10-20/h3-5,7-12,19H,2,6,13-18H2,1H3,(H,26,29). The van der Waals surface area contributed by atoms with E-state index in [1.165, 1.54) is 5.69 Å². The van der Waals surface area contributed by atoms with Gasteiger partial charge in [-0.1, -0.05) is 34.1 Å². The minimum absolute atomic E-state index is 0.00429. The summed E-state index contributed by atoms with van der Waals surface area (Å²) >= 11 is 3.39. The predicted molar refractivity (Wildman–Crippen MR) is 125 cm³/mol. The molecule has 30 heavy (non-hydrogen) atoms. The first-order chi connectivity index (χ1) is 14.6. The normalized spacial score (nSPS) is 14.4. The molecule has 2 amide bonds. The smallest absolute Gasteiger partial charge is 0.253 e. The molecule has 5 nitrogen and oxygen atoms in total. The van der Waals surface area contributed by atoms with Crippen molar-refractivity contribution in [3.63, 3.8) is 0 Å². The summed E-state index contributed by atoms with van der Waals surface area (Å²) in [6.07, 6.45) is 2.35. The van der Waals surface area contributed by atoms with E-state index in [1.807, 2.05) is 47.4 Å². The highest BCUT2D eigenvalue weighted by Gasteiger charge is 2.27. The van der Waals surface area contributed by atoms with Crippen molar-refractivity contribution in [3.05, 3.63) is 64.6 Å². The van der Waals surface area contributed by atoms with Crippen molar-refractivity contribution in [3.8, 4) is 0 Å². The molecule has 6 heteroatoms. The molecule has 0 aliphatic carbocycles. The second-order valence-corrected chi connectivity index (χ2v) is 8.55. The lowest BCUT2D eigenvalue weighted by molar-refractivity contribution is -0.126. The number of hydrogen-bond donors (Lipinski definition) is 1. The Kier molecular flexibility index (Phi) is 8.31. The molecule has 1 N–H and O–H groups in total. The second-order valence-electron chi connectivity index (χ2n) is 7.63. The highest BCUT2D eigenvalue weighted by molar-refractivity contribution is 9.10.